The van der Waals surface area contributed by atoms with Gasteiger partial charge in [-0.05, 0) is 16.6 Å². The molecule has 0 aliphatic heterocycles. The fraction of sp³-hybridized carbons (Fsp3) is 0.214. The quantitative estimate of drug-likeness (QED) is 0.642. The molecule has 0 spiro atoms. The fourth-order valence-electron chi connectivity index (χ4n) is 2.06. The fourth-order valence-corrected chi connectivity index (χ4v) is 2.06. The van der Waals surface area contributed by atoms with E-state index in [4.69, 9.17) is 0 Å². The highest BCUT2D eigenvalue weighted by Crippen LogP contribution is 2.17. The molecule has 1 amide bonds. The van der Waals surface area contributed by atoms with Crippen LogP contribution in [0.4, 0.5) is 5.82 Å². The van der Waals surface area contributed by atoms with Gasteiger partial charge in [-0.25, -0.2) is 4.57 Å². The first-order chi connectivity index (χ1) is 10.0. The van der Waals surface area contributed by atoms with E-state index in [2.05, 4.69) is 5.32 Å². The number of aromatic nitrogens is 1. The lowest BCUT2D eigenvalue weighted by Gasteiger charge is -2.16. The maximum absolute atomic E-state index is 12.2. The molecule has 0 aliphatic rings. The number of carbonyl (C=O) groups is 1. The van der Waals surface area contributed by atoms with E-state index in [0.29, 0.717) is 0 Å². The number of carbonyl (C=O) groups excluding carboxylic acids is 1. The molecule has 1 aromatic carbocycles. The van der Waals surface area contributed by atoms with Gasteiger partial charge in [-0.3, -0.25) is 4.79 Å². The van der Waals surface area contributed by atoms with Crippen molar-refractivity contribution in [2.24, 2.45) is 7.05 Å². The summed E-state index contributed by atoms with van der Waals surface area (Å²) >= 11 is 0. The highest BCUT2D eigenvalue weighted by molar-refractivity contribution is 5.93. The molecular weight excluding hydrogens is 274 g/mol. The van der Waals surface area contributed by atoms with E-state index in [1.807, 2.05) is 6.07 Å². The van der Waals surface area contributed by atoms with Gasteiger partial charge in [-0.2, -0.15) is 0 Å². The average Bonchev–Trinajstić information content (AvgIpc) is 2.87. The van der Waals surface area contributed by atoms with Crippen LogP contribution in [0.25, 0.3) is 0 Å². The molecule has 7 nitrogen and oxygen atoms in total. The Morgan fingerprint density at radius 1 is 1.33 bits per heavy atom. The Kier molecular flexibility index (Phi) is 4.34. The van der Waals surface area contributed by atoms with Gasteiger partial charge in [0.1, 0.15) is 0 Å². The Labute approximate surface area is 121 Å². The molecule has 0 aliphatic carbocycles. The van der Waals surface area contributed by atoms with Crippen LogP contribution in [0.2, 0.25) is 0 Å². The molecule has 0 bridgehead atoms. The van der Waals surface area contributed by atoms with Gasteiger partial charge in [0.2, 0.25) is 0 Å². The van der Waals surface area contributed by atoms with Gasteiger partial charge in [0, 0.05) is 6.07 Å². The van der Waals surface area contributed by atoms with Crippen LogP contribution in [0.1, 0.15) is 22.1 Å². The second-order valence-corrected chi connectivity index (χ2v) is 4.51. The number of aliphatic hydroxyl groups is 1. The molecule has 2 N–H and O–H groups in total. The van der Waals surface area contributed by atoms with Gasteiger partial charge in [0.05, 0.1) is 19.7 Å². The zero-order valence-electron chi connectivity index (χ0n) is 11.4. The molecule has 21 heavy (non-hydrogen) atoms. The summed E-state index contributed by atoms with van der Waals surface area (Å²) in [4.78, 5) is 22.4. The molecule has 2 rings (SSSR count). The topological polar surface area (TPSA) is 97.4 Å². The molecule has 0 fully saturated rings. The number of nitrogens with zero attached hydrogens (tertiary/aromatic N) is 2. The van der Waals surface area contributed by atoms with Crippen molar-refractivity contribution >= 4 is 11.7 Å². The number of nitrogens with one attached hydrogen (secondary N) is 1. The Hall–Kier alpha value is -2.67. The molecule has 0 saturated carbocycles. The zero-order valence-corrected chi connectivity index (χ0v) is 11.4. The zero-order chi connectivity index (χ0) is 15.4. The lowest BCUT2D eigenvalue weighted by Crippen LogP contribution is -2.32. The molecule has 2 aromatic rings. The molecule has 1 heterocycles. The minimum atomic E-state index is -0.562. The van der Waals surface area contributed by atoms with Crippen LogP contribution in [0.15, 0.2) is 42.5 Å². The van der Waals surface area contributed by atoms with E-state index < -0.39 is 16.9 Å². The normalized spacial score (nSPS) is 11.9. The molecule has 110 valence electrons. The number of rotatable bonds is 5. The first-order valence-corrected chi connectivity index (χ1v) is 6.31. The summed E-state index contributed by atoms with van der Waals surface area (Å²) in [6.07, 6.45) is 0. The Balaban J connectivity index is 2.19. The maximum atomic E-state index is 12.2. The first-order valence-electron chi connectivity index (χ1n) is 6.31. The standard InChI is InChI=1S/C14H15N3O4/c1-16-12(7-8-13(16)17(20)21)14(19)15-11(9-18)10-5-3-2-4-6-10/h2-8,11,18H,9H2,1H3,(H,15,19). The van der Waals surface area contributed by atoms with E-state index in [-0.39, 0.29) is 18.1 Å². The average molecular weight is 289 g/mol. The lowest BCUT2D eigenvalue weighted by atomic mass is 10.1. The molecule has 0 saturated heterocycles. The van der Waals surface area contributed by atoms with Crippen LogP contribution in [-0.4, -0.2) is 27.1 Å². The Morgan fingerprint density at radius 2 is 2.00 bits per heavy atom. The Bertz CT molecular complexity index is 651. The van der Waals surface area contributed by atoms with Crippen LogP contribution in [-0.2, 0) is 7.05 Å². The van der Waals surface area contributed by atoms with E-state index in [9.17, 15) is 20.0 Å². The number of nitro groups is 1. The molecule has 1 aromatic heterocycles. The van der Waals surface area contributed by atoms with Gasteiger partial charge in [-0.15, -0.1) is 0 Å². The third kappa shape index (κ3) is 3.09. The number of hydrogen-bond donors (Lipinski definition) is 2. The van der Waals surface area contributed by atoms with Crippen LogP contribution in [0.5, 0.6) is 0 Å². The molecule has 1 atom stereocenters. The smallest absolute Gasteiger partial charge is 0.323 e. The highest BCUT2D eigenvalue weighted by atomic mass is 16.6. The van der Waals surface area contributed by atoms with Crippen molar-refractivity contribution in [3.05, 3.63) is 63.8 Å². The van der Waals surface area contributed by atoms with Gasteiger partial charge in [-0.1, -0.05) is 30.3 Å². The molecule has 0 radical (unpaired) electrons. The molecular formula is C14H15N3O4. The van der Waals surface area contributed by atoms with Crippen molar-refractivity contribution in [1.29, 1.82) is 0 Å². The summed E-state index contributed by atoms with van der Waals surface area (Å²) in [5.74, 6) is -0.645. The predicted molar refractivity (Wildman–Crippen MR) is 75.8 cm³/mol. The maximum Gasteiger partial charge on any atom is 0.323 e. The predicted octanol–water partition coefficient (Wildman–Crippen LogP) is 1.40. The summed E-state index contributed by atoms with van der Waals surface area (Å²) < 4.78 is 1.20. The highest BCUT2D eigenvalue weighted by Gasteiger charge is 2.23. The van der Waals surface area contributed by atoms with Gasteiger partial charge in [0.25, 0.3) is 5.91 Å². The minimum absolute atomic E-state index is 0.163. The van der Waals surface area contributed by atoms with Crippen molar-refractivity contribution in [2.45, 2.75) is 6.04 Å². The second-order valence-electron chi connectivity index (χ2n) is 4.51. The third-order valence-electron chi connectivity index (χ3n) is 3.20. The summed E-state index contributed by atoms with van der Waals surface area (Å²) in [6.45, 7) is -0.262. The summed E-state index contributed by atoms with van der Waals surface area (Å²) in [5.41, 5.74) is 0.924. The third-order valence-corrected chi connectivity index (χ3v) is 3.20. The molecule has 1 unspecified atom stereocenters. The van der Waals surface area contributed by atoms with Crippen molar-refractivity contribution in [3.8, 4) is 0 Å². The van der Waals surface area contributed by atoms with Gasteiger partial charge >= 0.3 is 5.82 Å². The Morgan fingerprint density at radius 3 is 2.52 bits per heavy atom. The van der Waals surface area contributed by atoms with E-state index in [1.165, 1.54) is 23.7 Å². The summed E-state index contributed by atoms with van der Waals surface area (Å²) in [6, 6.07) is 11.1. The largest absolute Gasteiger partial charge is 0.394 e. The van der Waals surface area contributed by atoms with Crippen molar-refractivity contribution in [2.75, 3.05) is 6.61 Å². The van der Waals surface area contributed by atoms with Crippen LogP contribution in [0.3, 0.4) is 0 Å². The number of amides is 1. The monoisotopic (exact) mass is 289 g/mol. The summed E-state index contributed by atoms with van der Waals surface area (Å²) in [7, 11) is 1.45. The van der Waals surface area contributed by atoms with Crippen molar-refractivity contribution in [3.63, 3.8) is 0 Å². The van der Waals surface area contributed by atoms with Gasteiger partial charge < -0.3 is 20.5 Å². The van der Waals surface area contributed by atoms with Crippen molar-refractivity contribution < 1.29 is 14.8 Å². The first kappa shape index (κ1) is 14.7. The van der Waals surface area contributed by atoms with Crippen LogP contribution < -0.4 is 5.32 Å². The summed E-state index contributed by atoms with van der Waals surface area (Å²) in [5, 5.41) is 22.8. The second kappa shape index (κ2) is 6.19. The number of hydrogen-bond acceptors (Lipinski definition) is 4. The minimum Gasteiger partial charge on any atom is -0.394 e. The number of benzene rings is 1. The SMILES string of the molecule is Cn1c(C(=O)NC(CO)c2ccccc2)ccc1[N+](=O)[O-]. The van der Waals surface area contributed by atoms with Crippen molar-refractivity contribution in [1.82, 2.24) is 9.88 Å². The van der Waals surface area contributed by atoms with E-state index in [0.717, 1.165) is 5.56 Å². The van der Waals surface area contributed by atoms with E-state index in [1.54, 1.807) is 24.3 Å². The lowest BCUT2D eigenvalue weighted by molar-refractivity contribution is -0.391. The number of aliphatic hydroxyl groups excluding tert-OH is 1. The van der Waals surface area contributed by atoms with E-state index >= 15 is 0 Å². The van der Waals surface area contributed by atoms with Crippen LogP contribution >= 0.6 is 0 Å². The van der Waals surface area contributed by atoms with Gasteiger partial charge in [0.15, 0.2) is 5.69 Å². The van der Waals surface area contributed by atoms with Crippen LogP contribution in [0, 0.1) is 10.1 Å². The molecule has 7 heteroatoms.